The number of aryl methyl sites for hydroxylation is 1. The predicted octanol–water partition coefficient (Wildman–Crippen LogP) is 5.27. The molecule has 1 aliphatic heterocycles. The van der Waals surface area contributed by atoms with Crippen LogP contribution in [0.15, 0.2) is 35.5 Å². The average molecular weight is 501 g/mol. The lowest BCUT2D eigenvalue weighted by Crippen LogP contribution is -2.61. The topological polar surface area (TPSA) is 121 Å². The smallest absolute Gasteiger partial charge is 0.274 e. The van der Waals surface area contributed by atoms with Gasteiger partial charge in [0.2, 0.25) is 5.50 Å². The first-order valence-corrected chi connectivity index (χ1v) is 12.1. The van der Waals surface area contributed by atoms with Crippen LogP contribution in [0, 0.1) is 12.7 Å². The molecule has 1 aromatic heterocycles. The van der Waals surface area contributed by atoms with Crippen molar-refractivity contribution in [2.75, 3.05) is 5.32 Å². The number of carbonyl (C=O) groups is 1. The molecule has 1 aliphatic carbocycles. The number of carbonyl (C=O) groups excluding carboxylic acids is 1. The number of nitrogens with one attached hydrogen (secondary N) is 1. The number of pyridine rings is 1. The molecule has 2 aliphatic rings. The summed E-state index contributed by atoms with van der Waals surface area (Å²) in [5, 5.41) is 2.48. The molecule has 1 spiro atoms. The number of aromatic nitrogens is 1. The summed E-state index contributed by atoms with van der Waals surface area (Å²) >= 11 is 0. The van der Waals surface area contributed by atoms with E-state index >= 15 is 4.39 Å². The van der Waals surface area contributed by atoms with Gasteiger partial charge in [-0.05, 0) is 62.9 Å². The van der Waals surface area contributed by atoms with Crippen molar-refractivity contribution < 1.29 is 31.5 Å². The minimum Gasteiger partial charge on any atom is -0.386 e. The van der Waals surface area contributed by atoms with Crippen molar-refractivity contribution >= 4 is 28.0 Å². The monoisotopic (exact) mass is 500 g/mol. The molecule has 1 aromatic carbocycles. The maximum absolute atomic E-state index is 15.6. The van der Waals surface area contributed by atoms with E-state index in [0.29, 0.717) is 6.42 Å². The molecule has 0 bridgehead atoms. The van der Waals surface area contributed by atoms with Gasteiger partial charge in [-0.25, -0.2) is 17.6 Å². The molecule has 4 rings (SSSR count). The van der Waals surface area contributed by atoms with E-state index in [4.69, 9.17) is 5.73 Å². The van der Waals surface area contributed by atoms with Crippen LogP contribution in [0.4, 0.5) is 23.2 Å². The fourth-order valence-electron chi connectivity index (χ4n) is 4.45. The highest BCUT2D eigenvalue weighted by Crippen LogP contribution is 2.70. The second kappa shape index (κ2) is 8.21. The van der Waals surface area contributed by atoms with Crippen LogP contribution in [0.2, 0.25) is 0 Å². The number of amidine groups is 1. The molecule has 1 amide bonds. The van der Waals surface area contributed by atoms with Crippen LogP contribution in [0.3, 0.4) is 0 Å². The van der Waals surface area contributed by atoms with Gasteiger partial charge in [-0.2, -0.15) is 0 Å². The van der Waals surface area contributed by atoms with Crippen LogP contribution < -0.4 is 11.1 Å². The number of nitrogens with zero attached hydrogens (tertiary/aromatic N) is 2. The number of hydrogen-bond donors (Lipinski definition) is 4. The van der Waals surface area contributed by atoms with Crippen LogP contribution in [0.1, 0.15) is 59.8 Å². The minimum absolute atomic E-state index is 0.0446. The number of benzene rings is 1. The van der Waals surface area contributed by atoms with E-state index in [2.05, 4.69) is 15.3 Å². The molecule has 7 nitrogen and oxygen atoms in total. The molecule has 0 radical (unpaired) electrons. The SMILES string of the molecule is Cc1cc(C(F)F)cnc1C(=O)Nc1ccc(F)c([C@@]2(C)N=C(N)C3(CCC3)S(O)(O)[C@@H]2F)c1. The molecule has 34 heavy (non-hydrogen) atoms. The highest BCUT2D eigenvalue weighted by atomic mass is 32.3. The Kier molecular flexibility index (Phi) is 5.90. The van der Waals surface area contributed by atoms with Crippen LogP contribution in [0.5, 0.6) is 0 Å². The van der Waals surface area contributed by atoms with Gasteiger partial charge in [-0.15, -0.1) is 10.6 Å². The molecular weight excluding hydrogens is 476 g/mol. The molecule has 2 atom stereocenters. The molecule has 0 saturated heterocycles. The Balaban J connectivity index is 1.69. The van der Waals surface area contributed by atoms with Gasteiger partial charge in [0.05, 0.1) is 0 Å². The van der Waals surface area contributed by atoms with Crippen molar-refractivity contribution in [2.45, 2.75) is 55.3 Å². The van der Waals surface area contributed by atoms with Crippen LogP contribution in [-0.2, 0) is 5.54 Å². The second-order valence-electron chi connectivity index (χ2n) is 8.78. The van der Waals surface area contributed by atoms with Crippen molar-refractivity contribution in [3.8, 4) is 0 Å². The zero-order chi connectivity index (χ0) is 25.1. The third kappa shape index (κ3) is 3.55. The van der Waals surface area contributed by atoms with Gasteiger partial charge in [-0.1, -0.05) is 0 Å². The summed E-state index contributed by atoms with van der Waals surface area (Å²) in [6.07, 6.45) is -0.672. The lowest BCUT2D eigenvalue weighted by atomic mass is 9.82. The Morgan fingerprint density at radius 1 is 1.29 bits per heavy atom. The van der Waals surface area contributed by atoms with Gasteiger partial charge in [0, 0.05) is 23.0 Å². The number of aliphatic imine (C=N–C) groups is 1. The fraction of sp³-hybridized carbons (Fsp3) is 0.409. The number of amides is 1. The molecule has 12 heteroatoms. The normalized spacial score (nSPS) is 26.0. The van der Waals surface area contributed by atoms with Crippen LogP contribution >= 0.6 is 10.6 Å². The Labute approximate surface area is 194 Å². The predicted molar refractivity (Wildman–Crippen MR) is 122 cm³/mol. The lowest BCUT2D eigenvalue weighted by molar-refractivity contribution is 0.102. The zero-order valence-corrected chi connectivity index (χ0v) is 19.2. The maximum Gasteiger partial charge on any atom is 0.274 e. The molecule has 5 N–H and O–H groups in total. The van der Waals surface area contributed by atoms with E-state index in [0.717, 1.165) is 24.4 Å². The van der Waals surface area contributed by atoms with Gasteiger partial charge in [0.15, 0.2) is 0 Å². The highest BCUT2D eigenvalue weighted by Gasteiger charge is 2.63. The number of rotatable bonds is 4. The standard InChI is InChI=1S/C22H24F4N4O3S/c1-11-8-12(17(24)25)10-28-16(11)18(31)29-13-4-5-15(23)14(9-13)21(2)19(26)34(32,33)22(6-3-7-22)20(27)30-21/h4-5,8-10,17,19,32-33H,3,6-7H2,1-2H3,(H2,27,30)(H,29,31)/t19-,21+/m0/s1. The van der Waals surface area contributed by atoms with E-state index in [-0.39, 0.29) is 46.7 Å². The van der Waals surface area contributed by atoms with Crippen molar-refractivity contribution in [3.05, 3.63) is 58.7 Å². The largest absolute Gasteiger partial charge is 0.386 e. The van der Waals surface area contributed by atoms with E-state index < -0.39 is 44.5 Å². The quantitative estimate of drug-likeness (QED) is 0.426. The summed E-state index contributed by atoms with van der Waals surface area (Å²) in [6.45, 7) is 2.66. The second-order valence-corrected chi connectivity index (χ2v) is 11.2. The molecule has 2 aromatic rings. The number of halogens is 4. The Hall–Kier alpha value is -2.70. The molecular formula is C22H24F4N4O3S. The molecule has 2 heterocycles. The summed E-state index contributed by atoms with van der Waals surface area (Å²) in [6, 6.07) is 4.47. The van der Waals surface area contributed by atoms with Gasteiger partial charge >= 0.3 is 0 Å². The van der Waals surface area contributed by atoms with E-state index in [9.17, 15) is 27.1 Å². The summed E-state index contributed by atoms with van der Waals surface area (Å²) < 4.78 is 76.4. The first kappa shape index (κ1) is 24.4. The van der Waals surface area contributed by atoms with E-state index in [1.807, 2.05) is 0 Å². The van der Waals surface area contributed by atoms with Gasteiger partial charge in [0.25, 0.3) is 12.3 Å². The number of anilines is 1. The average Bonchev–Trinajstić information content (AvgIpc) is 2.72. The third-order valence-corrected chi connectivity index (χ3v) is 9.43. The third-order valence-electron chi connectivity index (χ3n) is 6.62. The van der Waals surface area contributed by atoms with Crippen molar-refractivity contribution in [3.63, 3.8) is 0 Å². The van der Waals surface area contributed by atoms with E-state index in [1.54, 1.807) is 0 Å². The summed E-state index contributed by atoms with van der Waals surface area (Å²) in [5.41, 5.74) is 1.13. The number of alkyl halides is 3. The Morgan fingerprint density at radius 2 is 1.97 bits per heavy atom. The molecule has 0 unspecified atom stereocenters. The Bertz CT molecular complexity index is 1190. The first-order valence-electron chi connectivity index (χ1n) is 10.5. The molecule has 184 valence electrons. The summed E-state index contributed by atoms with van der Waals surface area (Å²) in [4.78, 5) is 20.7. The van der Waals surface area contributed by atoms with Gasteiger partial charge < -0.3 is 11.1 Å². The minimum atomic E-state index is -3.93. The number of nitrogens with two attached hydrogens (primary N) is 1. The van der Waals surface area contributed by atoms with Crippen LogP contribution in [-0.4, -0.2) is 36.1 Å². The van der Waals surface area contributed by atoms with E-state index in [1.165, 1.54) is 19.9 Å². The van der Waals surface area contributed by atoms with Gasteiger partial charge in [0.1, 0.15) is 27.6 Å². The highest BCUT2D eigenvalue weighted by molar-refractivity contribution is 8.26. The lowest BCUT2D eigenvalue weighted by Gasteiger charge is -2.61. The summed E-state index contributed by atoms with van der Waals surface area (Å²) in [5.74, 6) is -1.76. The molecule has 1 saturated carbocycles. The number of hydrogen-bond acceptors (Lipinski definition) is 6. The van der Waals surface area contributed by atoms with Crippen LogP contribution in [0.25, 0.3) is 0 Å². The van der Waals surface area contributed by atoms with Crippen molar-refractivity contribution in [1.82, 2.24) is 4.98 Å². The fourth-order valence-corrected chi connectivity index (χ4v) is 6.91. The Morgan fingerprint density at radius 3 is 2.53 bits per heavy atom. The zero-order valence-electron chi connectivity index (χ0n) is 18.4. The van der Waals surface area contributed by atoms with Gasteiger partial charge in [-0.3, -0.25) is 23.9 Å². The molecule has 1 fully saturated rings. The first-order chi connectivity index (χ1) is 15.8. The maximum atomic E-state index is 15.6. The van der Waals surface area contributed by atoms with Crippen molar-refractivity contribution in [2.24, 2.45) is 10.7 Å². The van der Waals surface area contributed by atoms with Crippen molar-refractivity contribution in [1.29, 1.82) is 0 Å². The summed E-state index contributed by atoms with van der Waals surface area (Å²) in [7, 11) is -3.93.